The Labute approximate surface area is 183 Å². The van der Waals surface area contributed by atoms with Crippen molar-refractivity contribution in [3.8, 4) is 0 Å². The first kappa shape index (κ1) is 23.7. The van der Waals surface area contributed by atoms with Crippen molar-refractivity contribution >= 4 is 11.9 Å². The summed E-state index contributed by atoms with van der Waals surface area (Å²) < 4.78 is 37.2. The van der Waals surface area contributed by atoms with Crippen LogP contribution in [0.1, 0.15) is 41.8 Å². The number of halogens is 3. The van der Waals surface area contributed by atoms with E-state index in [0.29, 0.717) is 17.0 Å². The number of carboxylic acids is 1. The van der Waals surface area contributed by atoms with Crippen LogP contribution < -0.4 is 0 Å². The van der Waals surface area contributed by atoms with E-state index < -0.39 is 12.1 Å². The van der Waals surface area contributed by atoms with Crippen LogP contribution in [0, 0.1) is 5.41 Å². The van der Waals surface area contributed by atoms with Crippen molar-refractivity contribution in [2.45, 2.75) is 44.4 Å². The first-order valence-corrected chi connectivity index (χ1v) is 10.2. The van der Waals surface area contributed by atoms with Gasteiger partial charge < -0.3 is 14.4 Å². The third kappa shape index (κ3) is 5.45. The van der Waals surface area contributed by atoms with Crippen LogP contribution in [-0.2, 0) is 11.3 Å². The molecule has 0 bridgehead atoms. The molecule has 0 aromatic carbocycles. The normalized spacial score (nSPS) is 19.8. The SMILES string of the molecule is CN(Cc1ccco1)C1CCC12CCN(C(=O)c1ccnnc1)CC2.O=C(O)C(F)(F)F. The quantitative estimate of drug-likeness (QED) is 0.757. The summed E-state index contributed by atoms with van der Waals surface area (Å²) in [5.74, 6) is -1.67. The van der Waals surface area contributed by atoms with E-state index in [4.69, 9.17) is 14.3 Å². The Balaban J connectivity index is 0.000000360. The molecule has 2 aliphatic rings. The predicted molar refractivity (Wildman–Crippen MR) is 106 cm³/mol. The van der Waals surface area contributed by atoms with E-state index in [2.05, 4.69) is 22.1 Å². The van der Waals surface area contributed by atoms with Crippen LogP contribution in [0.15, 0.2) is 41.3 Å². The average Bonchev–Trinajstić information content (AvgIpc) is 3.26. The monoisotopic (exact) mass is 454 g/mol. The number of aromatic nitrogens is 2. The van der Waals surface area contributed by atoms with E-state index in [-0.39, 0.29) is 5.91 Å². The number of amides is 1. The van der Waals surface area contributed by atoms with Gasteiger partial charge in [-0.2, -0.15) is 23.4 Å². The molecule has 1 saturated carbocycles. The Bertz CT molecular complexity index is 898. The lowest BCUT2D eigenvalue weighted by atomic mass is 9.58. The van der Waals surface area contributed by atoms with Gasteiger partial charge in [-0.1, -0.05) is 0 Å². The molecule has 174 valence electrons. The maximum absolute atomic E-state index is 12.6. The van der Waals surface area contributed by atoms with Crippen molar-refractivity contribution in [1.82, 2.24) is 20.0 Å². The number of aliphatic carboxylic acids is 1. The van der Waals surface area contributed by atoms with Gasteiger partial charge in [-0.15, -0.1) is 0 Å². The summed E-state index contributed by atoms with van der Waals surface area (Å²) in [6.07, 6.45) is 4.42. The van der Waals surface area contributed by atoms with Crippen molar-refractivity contribution in [2.75, 3.05) is 20.1 Å². The molecule has 1 spiro atoms. The van der Waals surface area contributed by atoms with Gasteiger partial charge >= 0.3 is 12.1 Å². The van der Waals surface area contributed by atoms with E-state index in [9.17, 15) is 18.0 Å². The Morgan fingerprint density at radius 2 is 1.94 bits per heavy atom. The van der Waals surface area contributed by atoms with Crippen molar-refractivity contribution in [3.63, 3.8) is 0 Å². The van der Waals surface area contributed by atoms with Crippen LogP contribution in [0.2, 0.25) is 0 Å². The first-order valence-electron chi connectivity index (χ1n) is 10.2. The van der Waals surface area contributed by atoms with Crippen LogP contribution in [0.25, 0.3) is 0 Å². The molecule has 8 nitrogen and oxygen atoms in total. The summed E-state index contributed by atoms with van der Waals surface area (Å²) in [5.41, 5.74) is 0.986. The lowest BCUT2D eigenvalue weighted by Crippen LogP contribution is -2.58. The van der Waals surface area contributed by atoms with Gasteiger partial charge in [0.2, 0.25) is 0 Å². The van der Waals surface area contributed by atoms with Crippen LogP contribution in [0.5, 0.6) is 0 Å². The summed E-state index contributed by atoms with van der Waals surface area (Å²) in [7, 11) is 2.19. The molecule has 1 unspecified atom stereocenters. The molecular weight excluding hydrogens is 429 g/mol. The van der Waals surface area contributed by atoms with Gasteiger partial charge in [0.25, 0.3) is 5.91 Å². The number of carboxylic acid groups (broad SMARTS) is 1. The minimum atomic E-state index is -5.08. The molecule has 1 aliphatic heterocycles. The Kier molecular flexibility index (Phi) is 7.17. The molecule has 0 radical (unpaired) electrons. The number of hydrogen-bond acceptors (Lipinski definition) is 6. The van der Waals surface area contributed by atoms with Gasteiger partial charge in [0.15, 0.2) is 0 Å². The van der Waals surface area contributed by atoms with E-state index in [1.807, 2.05) is 17.0 Å². The number of carbonyl (C=O) groups excluding carboxylic acids is 1. The number of likely N-dealkylation sites (tertiary alicyclic amines) is 1. The van der Waals surface area contributed by atoms with Crippen LogP contribution in [0.4, 0.5) is 13.2 Å². The van der Waals surface area contributed by atoms with Crippen LogP contribution in [0.3, 0.4) is 0 Å². The highest BCUT2D eigenvalue weighted by Crippen LogP contribution is 2.51. The predicted octanol–water partition coefficient (Wildman–Crippen LogP) is 3.22. The standard InChI is InChI=1S/C19H24N4O2.C2HF3O2/c1-22(14-16-3-2-12-25-16)17-4-6-19(17)7-10-23(11-8-19)18(24)15-5-9-20-21-13-15;3-2(4,5)1(6)7/h2-3,5,9,12-13,17H,4,6-8,10-11,14H2,1H3;(H,6,7). The number of carbonyl (C=O) groups is 2. The highest BCUT2D eigenvalue weighted by Gasteiger charge is 2.50. The van der Waals surface area contributed by atoms with E-state index in [1.165, 1.54) is 12.8 Å². The zero-order valence-electron chi connectivity index (χ0n) is 17.6. The molecule has 1 amide bonds. The van der Waals surface area contributed by atoms with Gasteiger partial charge in [0, 0.05) is 19.1 Å². The Hall–Kier alpha value is -2.95. The number of furan rings is 1. The third-order valence-corrected chi connectivity index (χ3v) is 6.26. The van der Waals surface area contributed by atoms with E-state index >= 15 is 0 Å². The molecule has 1 aliphatic carbocycles. The fourth-order valence-corrected chi connectivity index (χ4v) is 4.47. The van der Waals surface area contributed by atoms with Gasteiger partial charge in [0.05, 0.1) is 30.8 Å². The van der Waals surface area contributed by atoms with Crippen LogP contribution in [-0.4, -0.2) is 69.3 Å². The number of piperidine rings is 1. The molecule has 2 aromatic heterocycles. The summed E-state index contributed by atoms with van der Waals surface area (Å²) in [5, 5.41) is 14.7. The molecule has 2 fully saturated rings. The molecule has 1 N–H and O–H groups in total. The number of alkyl halides is 3. The lowest BCUT2D eigenvalue weighted by Gasteiger charge is -2.56. The fourth-order valence-electron chi connectivity index (χ4n) is 4.47. The van der Waals surface area contributed by atoms with E-state index in [1.54, 1.807) is 24.7 Å². The minimum absolute atomic E-state index is 0.0737. The minimum Gasteiger partial charge on any atom is -0.475 e. The highest BCUT2D eigenvalue weighted by atomic mass is 19.4. The zero-order chi connectivity index (χ0) is 23.4. The molecule has 3 heterocycles. The molecule has 2 aromatic rings. The second-order valence-corrected chi connectivity index (χ2v) is 8.14. The van der Waals surface area contributed by atoms with Crippen molar-refractivity contribution in [3.05, 3.63) is 48.2 Å². The molecule has 1 saturated heterocycles. The van der Waals surface area contributed by atoms with Gasteiger partial charge in [-0.25, -0.2) is 4.79 Å². The fraction of sp³-hybridized carbons (Fsp3) is 0.524. The highest BCUT2D eigenvalue weighted by molar-refractivity contribution is 5.93. The lowest BCUT2D eigenvalue weighted by molar-refractivity contribution is -0.192. The van der Waals surface area contributed by atoms with Crippen LogP contribution >= 0.6 is 0 Å². The number of nitrogens with zero attached hydrogens (tertiary/aromatic N) is 4. The molecule has 32 heavy (non-hydrogen) atoms. The summed E-state index contributed by atoms with van der Waals surface area (Å²) in [6.45, 7) is 2.50. The maximum Gasteiger partial charge on any atom is 0.490 e. The molecule has 11 heteroatoms. The van der Waals surface area contributed by atoms with Crippen molar-refractivity contribution in [1.29, 1.82) is 0 Å². The van der Waals surface area contributed by atoms with Gasteiger partial charge in [-0.3, -0.25) is 9.69 Å². The number of hydrogen-bond donors (Lipinski definition) is 1. The van der Waals surface area contributed by atoms with E-state index in [0.717, 1.165) is 38.2 Å². The number of rotatable bonds is 4. The van der Waals surface area contributed by atoms with Gasteiger partial charge in [0.1, 0.15) is 5.76 Å². The molecule has 4 rings (SSSR count). The topological polar surface area (TPSA) is 99.8 Å². The zero-order valence-corrected chi connectivity index (χ0v) is 17.6. The summed E-state index contributed by atoms with van der Waals surface area (Å²) >= 11 is 0. The maximum atomic E-state index is 12.6. The molecule has 1 atom stereocenters. The largest absolute Gasteiger partial charge is 0.490 e. The van der Waals surface area contributed by atoms with Crippen molar-refractivity contribution < 1.29 is 32.3 Å². The first-order chi connectivity index (χ1) is 15.1. The molecular formula is C21H25F3N4O4. The summed E-state index contributed by atoms with van der Waals surface area (Å²) in [4.78, 5) is 25.9. The van der Waals surface area contributed by atoms with Crippen molar-refractivity contribution in [2.24, 2.45) is 5.41 Å². The Morgan fingerprint density at radius 1 is 1.25 bits per heavy atom. The van der Waals surface area contributed by atoms with Gasteiger partial charge in [-0.05, 0) is 56.3 Å². The smallest absolute Gasteiger partial charge is 0.475 e. The third-order valence-electron chi connectivity index (χ3n) is 6.26. The average molecular weight is 454 g/mol. The second kappa shape index (κ2) is 9.68. The Morgan fingerprint density at radius 3 is 2.41 bits per heavy atom. The summed E-state index contributed by atoms with van der Waals surface area (Å²) in [6, 6.07) is 6.30. The second-order valence-electron chi connectivity index (χ2n) is 8.14.